The molecule has 3 aliphatic rings. The maximum atomic E-state index is 13.6. The lowest BCUT2D eigenvalue weighted by molar-refractivity contribution is -0.308. The van der Waals surface area contributed by atoms with Crippen molar-refractivity contribution in [2.45, 2.75) is 122 Å². The Balaban J connectivity index is 1.34. The number of benzene rings is 1. The number of carbonyl (C=O) groups excluding carboxylic acids is 3. The van der Waals surface area contributed by atoms with Crippen LogP contribution in [0, 0.1) is 17.8 Å². The molecule has 1 aromatic carbocycles. The number of pyridine rings is 1. The Morgan fingerprint density at radius 1 is 1.03 bits per heavy atom. The second-order valence-electron chi connectivity index (χ2n) is 16.9. The first-order valence-corrected chi connectivity index (χ1v) is 21.6. The third-order valence-corrected chi connectivity index (χ3v) is 12.2. The van der Waals surface area contributed by atoms with Gasteiger partial charge in [0.25, 0.3) is 0 Å². The van der Waals surface area contributed by atoms with Crippen molar-refractivity contribution >= 4 is 28.9 Å². The molecule has 2 fully saturated rings. The number of cyclic esters (lactones) is 1. The zero-order chi connectivity index (χ0) is 43.3. The number of ketones is 1. The molecule has 0 saturated carbocycles. The van der Waals surface area contributed by atoms with E-state index < -0.39 is 72.7 Å². The van der Waals surface area contributed by atoms with Gasteiger partial charge in [-0.15, -0.1) is 0 Å². The molecule has 0 spiro atoms. The van der Waals surface area contributed by atoms with E-state index in [0.717, 1.165) is 28.3 Å². The molecule has 13 heteroatoms. The Kier molecular flexibility index (Phi) is 18.1. The van der Waals surface area contributed by atoms with Crippen molar-refractivity contribution < 1.29 is 48.3 Å². The molecule has 0 bridgehead atoms. The van der Waals surface area contributed by atoms with Gasteiger partial charge in [0.1, 0.15) is 24.6 Å². The summed E-state index contributed by atoms with van der Waals surface area (Å²) in [5, 5.41) is 24.7. The van der Waals surface area contributed by atoms with E-state index in [9.17, 15) is 24.6 Å². The number of nitrogens with zero attached hydrogens (tertiary/aromatic N) is 3. The number of allylic oxidation sites excluding steroid dienone is 4. The highest BCUT2D eigenvalue weighted by Crippen LogP contribution is 2.35. The van der Waals surface area contributed by atoms with Crippen LogP contribution in [0.25, 0.3) is 10.9 Å². The molecule has 2 saturated heterocycles. The molecule has 12 atom stereocenters. The second kappa shape index (κ2) is 23.0. The van der Waals surface area contributed by atoms with Crippen molar-refractivity contribution in [2.75, 3.05) is 47.0 Å². The number of carbonyl (C=O) groups is 3. The van der Waals surface area contributed by atoms with Crippen molar-refractivity contribution in [1.29, 1.82) is 0 Å². The lowest BCUT2D eigenvalue weighted by Crippen LogP contribution is -2.64. The fourth-order valence-electron chi connectivity index (χ4n) is 8.72. The highest BCUT2D eigenvalue weighted by atomic mass is 16.7. The van der Waals surface area contributed by atoms with Crippen LogP contribution in [0.5, 0.6) is 0 Å². The molecule has 3 aliphatic heterocycles. The number of hydrogen-bond acceptors (Lipinski definition) is 13. The Labute approximate surface area is 355 Å². The second-order valence-corrected chi connectivity index (χ2v) is 16.9. The summed E-state index contributed by atoms with van der Waals surface area (Å²) in [5.74, 6) is -2.46. The molecule has 0 amide bonds. The van der Waals surface area contributed by atoms with Crippen molar-refractivity contribution in [3.05, 3.63) is 78.0 Å². The van der Waals surface area contributed by atoms with Crippen molar-refractivity contribution in [2.24, 2.45) is 17.8 Å². The molecular formula is C47H67N3O10. The van der Waals surface area contributed by atoms with Gasteiger partial charge >= 0.3 is 5.97 Å². The number of likely N-dealkylation sites (N-methyl/N-ethyl adjacent to an activating group) is 1. The Hall–Kier alpha value is -3.66. The molecule has 1 aromatic heterocycles. The van der Waals surface area contributed by atoms with Gasteiger partial charge in [-0.3, -0.25) is 19.5 Å². The Morgan fingerprint density at radius 3 is 2.50 bits per heavy atom. The van der Waals surface area contributed by atoms with Gasteiger partial charge in [-0.2, -0.15) is 0 Å². The zero-order valence-electron chi connectivity index (χ0n) is 36.4. The first kappa shape index (κ1) is 47.4. The fraction of sp³-hybridized carbons (Fsp3) is 0.617. The van der Waals surface area contributed by atoms with E-state index in [-0.39, 0.29) is 37.7 Å². The summed E-state index contributed by atoms with van der Waals surface area (Å²) in [6.07, 6.45) is 7.12. The quantitative estimate of drug-likeness (QED) is 0.170. The molecule has 0 unspecified atom stereocenters. The number of fused-ring (bicyclic) bond motifs is 1. The summed E-state index contributed by atoms with van der Waals surface area (Å²) < 4.78 is 31.1. The summed E-state index contributed by atoms with van der Waals surface area (Å²) in [4.78, 5) is 48.1. The average molecular weight is 834 g/mol. The minimum Gasteiger partial charge on any atom is -0.460 e. The Bertz CT molecular complexity index is 1790. The van der Waals surface area contributed by atoms with E-state index >= 15 is 0 Å². The Morgan fingerprint density at radius 2 is 1.78 bits per heavy atom. The predicted molar refractivity (Wildman–Crippen MR) is 229 cm³/mol. The highest BCUT2D eigenvalue weighted by molar-refractivity contribution is 5.91. The summed E-state index contributed by atoms with van der Waals surface area (Å²) in [6, 6.07) is 9.31. The molecule has 2 aromatic rings. The van der Waals surface area contributed by atoms with Crippen LogP contribution >= 0.6 is 0 Å². The van der Waals surface area contributed by atoms with E-state index in [4.69, 9.17) is 23.7 Å². The molecule has 330 valence electrons. The first-order chi connectivity index (χ1) is 28.8. The van der Waals surface area contributed by atoms with E-state index in [0.29, 0.717) is 39.1 Å². The lowest BCUT2D eigenvalue weighted by atomic mass is 9.79. The van der Waals surface area contributed by atoms with Crippen LogP contribution in [-0.2, 0) is 44.5 Å². The van der Waals surface area contributed by atoms with Crippen LogP contribution in [0.4, 0.5) is 0 Å². The van der Waals surface area contributed by atoms with Gasteiger partial charge in [0.2, 0.25) is 0 Å². The van der Waals surface area contributed by atoms with E-state index in [2.05, 4.69) is 16.0 Å². The van der Waals surface area contributed by atoms with Crippen molar-refractivity contribution in [1.82, 2.24) is 14.8 Å². The largest absolute Gasteiger partial charge is 0.460 e. The lowest BCUT2D eigenvalue weighted by Gasteiger charge is -2.48. The predicted octanol–water partition coefficient (Wildman–Crippen LogP) is 4.87. The number of morpholine rings is 1. The van der Waals surface area contributed by atoms with Crippen LogP contribution < -0.4 is 0 Å². The summed E-state index contributed by atoms with van der Waals surface area (Å²) in [7, 11) is 3.71. The van der Waals surface area contributed by atoms with E-state index in [1.54, 1.807) is 19.1 Å². The number of aldehydes is 1. The summed E-state index contributed by atoms with van der Waals surface area (Å²) in [5.41, 5.74) is 2.88. The monoisotopic (exact) mass is 833 g/mol. The average Bonchev–Trinajstić information content (AvgIpc) is 3.23. The van der Waals surface area contributed by atoms with Gasteiger partial charge in [0.05, 0.1) is 62.2 Å². The maximum absolute atomic E-state index is 13.6. The third-order valence-electron chi connectivity index (χ3n) is 12.2. The van der Waals surface area contributed by atoms with Crippen LogP contribution in [0.2, 0.25) is 0 Å². The third kappa shape index (κ3) is 12.7. The number of aromatic nitrogens is 1. The van der Waals surface area contributed by atoms with Gasteiger partial charge in [0.15, 0.2) is 12.1 Å². The number of ether oxygens (including phenoxy) is 5. The first-order valence-electron chi connectivity index (χ1n) is 21.6. The smallest absolute Gasteiger partial charge is 0.308 e. The topological polar surface area (TPSA) is 157 Å². The van der Waals surface area contributed by atoms with E-state index in [1.165, 1.54) is 0 Å². The van der Waals surface area contributed by atoms with Crippen molar-refractivity contribution in [3.8, 4) is 0 Å². The number of hydrogen-bond donors (Lipinski definition) is 2. The molecule has 13 nitrogen and oxygen atoms in total. The summed E-state index contributed by atoms with van der Waals surface area (Å²) >= 11 is 0. The molecule has 60 heavy (non-hydrogen) atoms. The maximum Gasteiger partial charge on any atom is 0.308 e. The minimum absolute atomic E-state index is 0.0222. The van der Waals surface area contributed by atoms with Crippen LogP contribution in [0.1, 0.15) is 65.9 Å². The normalized spacial score (nSPS) is 34.7. The standard InChI is InChI=1S/C47H67N3O10/c1-8-41-38(50-19-23-56-24-20-50)25-30(2)16-17-39(52)31(3)26-36(18-21-51)45(32(4)40(53)28-42(54)59-41)60-47-44(55)43(49(6)7)46(33(5)58-47)57-22-12-11-13-34-27-35-14-9-10-15-37(35)48-29-34/h9-12,14-17,21,25,27,29,31-33,36,38,40-41,43-47,53,55H,8,13,18-20,22-24,26,28H2,1-7H3/b12-11+,17-16+,30-25+/t31-,32+,33-,36+,38+,40-,41-,43-,44-,45-,46-,47+/m1/s1. The van der Waals surface area contributed by atoms with Crippen LogP contribution in [0.15, 0.2) is 72.5 Å². The van der Waals surface area contributed by atoms with Gasteiger partial charge in [-0.1, -0.05) is 68.8 Å². The van der Waals surface area contributed by atoms with E-state index in [1.807, 2.05) is 95.4 Å². The molecular weight excluding hydrogens is 767 g/mol. The number of aliphatic hydroxyl groups excluding tert-OH is 2. The minimum atomic E-state index is -1.23. The number of rotatable bonds is 12. The van der Waals surface area contributed by atoms with Gasteiger partial charge in [0, 0.05) is 42.9 Å². The van der Waals surface area contributed by atoms with Gasteiger partial charge in [-0.05, 0) is 76.9 Å². The fourth-order valence-corrected chi connectivity index (χ4v) is 8.72. The van der Waals surface area contributed by atoms with Gasteiger partial charge < -0.3 is 43.6 Å². The molecule has 4 heterocycles. The van der Waals surface area contributed by atoms with Gasteiger partial charge in [-0.25, -0.2) is 0 Å². The molecule has 5 rings (SSSR count). The van der Waals surface area contributed by atoms with Crippen molar-refractivity contribution in [3.63, 3.8) is 0 Å². The van der Waals surface area contributed by atoms with Crippen LogP contribution in [0.3, 0.4) is 0 Å². The SMILES string of the molecule is CC[C@H]1OC(=O)C[C@@H](O)[C@H](C)[C@@H](O[C@@H]2O[C@H](C)[C@@H](OC/C=C/Cc3cnc4ccccc4c3)[C@H](N(C)C)[C@H]2O)[C@@H](CC=O)C[C@@H](C)C(=O)/C=C/C(C)=C/[C@@H]1N1CCOCC1. The highest BCUT2D eigenvalue weighted by Gasteiger charge is 2.48. The number of esters is 1. The molecule has 0 radical (unpaired) electrons. The summed E-state index contributed by atoms with van der Waals surface area (Å²) in [6.45, 7) is 12.0. The van der Waals surface area contributed by atoms with Crippen LogP contribution in [-0.4, -0.2) is 145 Å². The molecule has 2 N–H and O–H groups in total. The molecule has 0 aliphatic carbocycles. The number of para-hydroxylation sites is 1. The zero-order valence-corrected chi connectivity index (χ0v) is 36.4. The number of aliphatic hydroxyl groups is 2.